The van der Waals surface area contributed by atoms with Crippen LogP contribution in [0.4, 0.5) is 5.82 Å². The number of nitro groups is 1. The van der Waals surface area contributed by atoms with Crippen molar-refractivity contribution >= 4 is 23.4 Å². The summed E-state index contributed by atoms with van der Waals surface area (Å²) in [4.78, 5) is 24.6. The van der Waals surface area contributed by atoms with Gasteiger partial charge in [-0.2, -0.15) is 0 Å². The highest BCUT2D eigenvalue weighted by Crippen LogP contribution is 2.18. The Labute approximate surface area is 96.3 Å². The number of hydrogen-bond donors (Lipinski definition) is 0. The molecule has 1 aromatic rings. The van der Waals surface area contributed by atoms with Crippen LogP contribution in [-0.2, 0) is 16.0 Å². The molecule has 86 valence electrons. The smallest absolute Gasteiger partial charge is 0.363 e. The summed E-state index contributed by atoms with van der Waals surface area (Å²) in [6, 6.07) is 2.51. The summed E-state index contributed by atoms with van der Waals surface area (Å²) in [5, 5.41) is 10.7. The van der Waals surface area contributed by atoms with E-state index in [4.69, 9.17) is 16.3 Å². The number of nitrogens with zero attached hydrogens (tertiary/aromatic N) is 2. The lowest BCUT2D eigenvalue weighted by Crippen LogP contribution is -2.09. The number of halogens is 1. The zero-order valence-electron chi connectivity index (χ0n) is 8.47. The standard InChI is InChI=1S/C9H9ClN2O4/c1-2-16-9(13)5-7-6(10)3-4-8(11-7)12(14)15/h3-4H,2,5H2,1H3. The maximum atomic E-state index is 11.2. The minimum Gasteiger partial charge on any atom is -0.466 e. The quantitative estimate of drug-likeness (QED) is 0.458. The third-order valence-corrected chi connectivity index (χ3v) is 2.05. The fourth-order valence-electron chi connectivity index (χ4n) is 1.05. The normalized spacial score (nSPS) is 9.88. The molecule has 0 saturated carbocycles. The number of hydrogen-bond acceptors (Lipinski definition) is 5. The number of esters is 1. The van der Waals surface area contributed by atoms with E-state index in [2.05, 4.69) is 4.98 Å². The first kappa shape index (κ1) is 12.4. The molecule has 0 aliphatic heterocycles. The number of pyridine rings is 1. The van der Waals surface area contributed by atoms with Crippen LogP contribution >= 0.6 is 11.6 Å². The van der Waals surface area contributed by atoms with Gasteiger partial charge in [-0.1, -0.05) is 11.6 Å². The van der Waals surface area contributed by atoms with Gasteiger partial charge < -0.3 is 14.9 Å². The third kappa shape index (κ3) is 3.16. The minimum atomic E-state index is -0.648. The van der Waals surface area contributed by atoms with Crippen LogP contribution in [0.25, 0.3) is 0 Å². The molecule has 1 aromatic heterocycles. The number of aromatic nitrogens is 1. The van der Waals surface area contributed by atoms with E-state index >= 15 is 0 Å². The number of rotatable bonds is 4. The topological polar surface area (TPSA) is 82.3 Å². The molecule has 6 nitrogen and oxygen atoms in total. The van der Waals surface area contributed by atoms with Gasteiger partial charge in [-0.05, 0) is 22.9 Å². The van der Waals surface area contributed by atoms with Crippen molar-refractivity contribution in [1.82, 2.24) is 4.98 Å². The molecular weight excluding hydrogens is 236 g/mol. The van der Waals surface area contributed by atoms with Gasteiger partial charge in [0, 0.05) is 6.07 Å². The first-order valence-corrected chi connectivity index (χ1v) is 4.87. The monoisotopic (exact) mass is 244 g/mol. The van der Waals surface area contributed by atoms with Crippen molar-refractivity contribution in [3.05, 3.63) is 33.0 Å². The Kier molecular flexibility index (Phi) is 4.19. The molecule has 7 heteroatoms. The Balaban J connectivity index is 2.90. The number of carbonyl (C=O) groups excluding carboxylic acids is 1. The largest absolute Gasteiger partial charge is 0.466 e. The molecule has 16 heavy (non-hydrogen) atoms. The van der Waals surface area contributed by atoms with Gasteiger partial charge >= 0.3 is 11.8 Å². The second kappa shape index (κ2) is 5.41. The van der Waals surface area contributed by atoms with Crippen molar-refractivity contribution in [2.75, 3.05) is 6.61 Å². The number of ether oxygens (including phenoxy) is 1. The lowest BCUT2D eigenvalue weighted by molar-refractivity contribution is -0.389. The van der Waals surface area contributed by atoms with E-state index in [1.165, 1.54) is 12.1 Å². The molecule has 0 aromatic carbocycles. The summed E-state index contributed by atoms with van der Waals surface area (Å²) in [5.41, 5.74) is 0.148. The predicted molar refractivity (Wildman–Crippen MR) is 56.2 cm³/mol. The fourth-order valence-corrected chi connectivity index (χ4v) is 1.22. The van der Waals surface area contributed by atoms with Crippen molar-refractivity contribution < 1.29 is 14.5 Å². The predicted octanol–water partition coefficient (Wildman–Crippen LogP) is 1.75. The minimum absolute atomic E-state index is 0.148. The molecule has 0 aliphatic carbocycles. The van der Waals surface area contributed by atoms with Crippen LogP contribution in [0, 0.1) is 10.1 Å². The Morgan fingerprint density at radius 2 is 2.31 bits per heavy atom. The van der Waals surface area contributed by atoms with Crippen LogP contribution < -0.4 is 0 Å². The first-order chi connectivity index (χ1) is 7.54. The van der Waals surface area contributed by atoms with Gasteiger partial charge in [-0.25, -0.2) is 0 Å². The average molecular weight is 245 g/mol. The van der Waals surface area contributed by atoms with E-state index in [0.29, 0.717) is 0 Å². The van der Waals surface area contributed by atoms with Gasteiger partial charge in [0.25, 0.3) is 0 Å². The Hall–Kier alpha value is -1.69. The zero-order valence-corrected chi connectivity index (χ0v) is 9.23. The Bertz CT molecular complexity index is 422. The molecule has 0 spiro atoms. The van der Waals surface area contributed by atoms with E-state index in [0.717, 1.165) is 0 Å². The van der Waals surface area contributed by atoms with Gasteiger partial charge in [-0.15, -0.1) is 0 Å². The molecule has 0 aliphatic rings. The van der Waals surface area contributed by atoms with Gasteiger partial charge in [0.2, 0.25) is 0 Å². The van der Waals surface area contributed by atoms with Gasteiger partial charge in [0.15, 0.2) is 5.69 Å². The van der Waals surface area contributed by atoms with Gasteiger partial charge in [0.1, 0.15) is 6.42 Å². The van der Waals surface area contributed by atoms with Gasteiger partial charge in [-0.3, -0.25) is 4.79 Å². The molecule has 0 amide bonds. The van der Waals surface area contributed by atoms with E-state index in [-0.39, 0.29) is 29.6 Å². The summed E-state index contributed by atoms with van der Waals surface area (Å²) in [6.45, 7) is 1.91. The molecular formula is C9H9ClN2O4. The Morgan fingerprint density at radius 1 is 1.62 bits per heavy atom. The molecule has 0 N–H and O–H groups in total. The molecule has 0 fully saturated rings. The SMILES string of the molecule is CCOC(=O)Cc1nc([N+](=O)[O-])ccc1Cl. The Morgan fingerprint density at radius 3 is 2.88 bits per heavy atom. The molecule has 1 heterocycles. The lowest BCUT2D eigenvalue weighted by Gasteiger charge is -2.00. The van der Waals surface area contributed by atoms with Crippen molar-refractivity contribution in [1.29, 1.82) is 0 Å². The van der Waals surface area contributed by atoms with E-state index in [1.54, 1.807) is 6.92 Å². The van der Waals surface area contributed by atoms with Gasteiger partial charge in [0.05, 0.1) is 11.6 Å². The zero-order chi connectivity index (χ0) is 12.1. The summed E-state index contributed by atoms with van der Waals surface area (Å²) >= 11 is 5.75. The third-order valence-electron chi connectivity index (χ3n) is 1.71. The average Bonchev–Trinajstić information content (AvgIpc) is 2.21. The van der Waals surface area contributed by atoms with Crippen LogP contribution in [0.3, 0.4) is 0 Å². The van der Waals surface area contributed by atoms with Crippen LogP contribution in [0.15, 0.2) is 12.1 Å². The molecule has 0 radical (unpaired) electrons. The highest BCUT2D eigenvalue weighted by atomic mass is 35.5. The molecule has 0 bridgehead atoms. The molecule has 1 rings (SSSR count). The molecule has 0 atom stereocenters. The van der Waals surface area contributed by atoms with Crippen LogP contribution in [0.2, 0.25) is 5.02 Å². The maximum absolute atomic E-state index is 11.2. The highest BCUT2D eigenvalue weighted by molar-refractivity contribution is 6.31. The molecule has 0 unspecified atom stereocenters. The molecule has 0 saturated heterocycles. The van der Waals surface area contributed by atoms with E-state index in [9.17, 15) is 14.9 Å². The van der Waals surface area contributed by atoms with Crippen LogP contribution in [0.5, 0.6) is 0 Å². The first-order valence-electron chi connectivity index (χ1n) is 4.50. The lowest BCUT2D eigenvalue weighted by atomic mass is 10.2. The van der Waals surface area contributed by atoms with Crippen molar-refractivity contribution in [2.45, 2.75) is 13.3 Å². The van der Waals surface area contributed by atoms with Crippen LogP contribution in [-0.4, -0.2) is 22.5 Å². The van der Waals surface area contributed by atoms with Crippen LogP contribution in [0.1, 0.15) is 12.6 Å². The summed E-state index contributed by atoms with van der Waals surface area (Å²) < 4.78 is 4.69. The highest BCUT2D eigenvalue weighted by Gasteiger charge is 2.17. The van der Waals surface area contributed by atoms with Crippen molar-refractivity contribution in [2.24, 2.45) is 0 Å². The number of carbonyl (C=O) groups is 1. The van der Waals surface area contributed by atoms with Crippen molar-refractivity contribution in [3.8, 4) is 0 Å². The van der Waals surface area contributed by atoms with Crippen molar-refractivity contribution in [3.63, 3.8) is 0 Å². The second-order valence-corrected chi connectivity index (χ2v) is 3.24. The maximum Gasteiger partial charge on any atom is 0.363 e. The fraction of sp³-hybridized carbons (Fsp3) is 0.333. The van der Waals surface area contributed by atoms with E-state index in [1.807, 2.05) is 0 Å². The summed E-state index contributed by atoms with van der Waals surface area (Å²) in [5.74, 6) is -0.860. The summed E-state index contributed by atoms with van der Waals surface area (Å²) in [7, 11) is 0. The second-order valence-electron chi connectivity index (χ2n) is 2.84. The van der Waals surface area contributed by atoms with E-state index < -0.39 is 10.9 Å². The summed E-state index contributed by atoms with van der Waals surface area (Å²) in [6.07, 6.45) is -0.172.